The Morgan fingerprint density at radius 3 is 2.55 bits per heavy atom. The Labute approximate surface area is 111 Å². The van der Waals surface area contributed by atoms with Crippen molar-refractivity contribution in [1.82, 2.24) is 9.38 Å². The third-order valence-corrected chi connectivity index (χ3v) is 2.90. The molecule has 3 rings (SSSR count). The van der Waals surface area contributed by atoms with Crippen LogP contribution in [0.15, 0.2) is 48.8 Å². The highest BCUT2D eigenvalue weighted by Gasteiger charge is 2.30. The summed E-state index contributed by atoms with van der Waals surface area (Å²) in [4.78, 5) is 4.18. The lowest BCUT2D eigenvalue weighted by atomic mass is 10.1. The lowest BCUT2D eigenvalue weighted by Crippen LogP contribution is -2.04. The maximum absolute atomic E-state index is 13.1. The number of hydrogen-bond donors (Lipinski definition) is 0. The molecule has 0 radical (unpaired) electrons. The number of halogens is 4. The molecule has 0 fully saturated rings. The molecule has 0 aliphatic heterocycles. The van der Waals surface area contributed by atoms with Gasteiger partial charge in [0.05, 0.1) is 11.3 Å². The number of pyridine rings is 1. The zero-order chi connectivity index (χ0) is 14.3. The molecule has 2 heterocycles. The molecule has 0 atom stereocenters. The number of nitrogens with zero attached hydrogens (tertiary/aromatic N) is 2. The zero-order valence-electron chi connectivity index (χ0n) is 10.0. The van der Waals surface area contributed by atoms with Crippen LogP contribution in [0.25, 0.3) is 16.9 Å². The van der Waals surface area contributed by atoms with Crippen LogP contribution in [0.5, 0.6) is 0 Å². The summed E-state index contributed by atoms with van der Waals surface area (Å²) >= 11 is 0. The van der Waals surface area contributed by atoms with Crippen LogP contribution in [-0.4, -0.2) is 9.38 Å². The van der Waals surface area contributed by atoms with E-state index in [1.807, 2.05) is 0 Å². The van der Waals surface area contributed by atoms with Gasteiger partial charge < -0.3 is 4.40 Å². The third-order valence-electron chi connectivity index (χ3n) is 2.90. The summed E-state index contributed by atoms with van der Waals surface area (Å²) in [5.74, 6) is -0.439. The molecule has 0 spiro atoms. The van der Waals surface area contributed by atoms with Gasteiger partial charge in [-0.05, 0) is 24.3 Å². The minimum absolute atomic E-state index is 0.337. The molecule has 0 N–H and O–H groups in total. The monoisotopic (exact) mass is 280 g/mol. The van der Waals surface area contributed by atoms with Crippen molar-refractivity contribution in [3.63, 3.8) is 0 Å². The standard InChI is InChI=1S/C14H8F4N2/c15-11-4-5-13-19-12(8-20(13)7-11)9-2-1-3-10(6-9)14(16,17)18/h1-8H. The van der Waals surface area contributed by atoms with Crippen molar-refractivity contribution in [2.75, 3.05) is 0 Å². The van der Waals surface area contributed by atoms with Gasteiger partial charge in [0.2, 0.25) is 0 Å². The quantitative estimate of drug-likeness (QED) is 0.612. The molecule has 0 unspecified atom stereocenters. The van der Waals surface area contributed by atoms with Gasteiger partial charge in [-0.15, -0.1) is 0 Å². The van der Waals surface area contributed by atoms with Crippen molar-refractivity contribution in [1.29, 1.82) is 0 Å². The molecule has 0 saturated heterocycles. The maximum Gasteiger partial charge on any atom is 0.416 e. The van der Waals surface area contributed by atoms with E-state index in [0.717, 1.165) is 12.1 Å². The molecular formula is C14H8F4N2. The van der Waals surface area contributed by atoms with Gasteiger partial charge >= 0.3 is 6.18 Å². The maximum atomic E-state index is 13.1. The minimum atomic E-state index is -4.40. The Morgan fingerprint density at radius 1 is 1.00 bits per heavy atom. The Kier molecular flexibility index (Phi) is 2.74. The average Bonchev–Trinajstić information content (AvgIpc) is 2.81. The molecule has 0 saturated carbocycles. The lowest BCUT2D eigenvalue weighted by Gasteiger charge is -2.07. The first-order chi connectivity index (χ1) is 9.43. The van der Waals surface area contributed by atoms with Crippen LogP contribution in [0.3, 0.4) is 0 Å². The van der Waals surface area contributed by atoms with Crippen LogP contribution < -0.4 is 0 Å². The number of aromatic nitrogens is 2. The van der Waals surface area contributed by atoms with Gasteiger partial charge in [0, 0.05) is 18.0 Å². The summed E-state index contributed by atoms with van der Waals surface area (Å²) in [6.45, 7) is 0. The highest BCUT2D eigenvalue weighted by atomic mass is 19.4. The molecule has 2 aromatic heterocycles. The number of fused-ring (bicyclic) bond motifs is 1. The highest BCUT2D eigenvalue weighted by molar-refractivity contribution is 5.63. The smallest absolute Gasteiger partial charge is 0.304 e. The molecule has 0 aliphatic carbocycles. The molecule has 1 aromatic carbocycles. The number of benzene rings is 1. The summed E-state index contributed by atoms with van der Waals surface area (Å²) in [7, 11) is 0. The van der Waals surface area contributed by atoms with Gasteiger partial charge in [-0.25, -0.2) is 9.37 Å². The second-order valence-electron chi connectivity index (χ2n) is 4.32. The Hall–Kier alpha value is -2.37. The first kappa shape index (κ1) is 12.7. The summed E-state index contributed by atoms with van der Waals surface area (Å²) in [6, 6.07) is 7.60. The van der Waals surface area contributed by atoms with Gasteiger partial charge in [0.25, 0.3) is 0 Å². The van der Waals surface area contributed by atoms with Crippen LogP contribution in [0.1, 0.15) is 5.56 Å². The number of hydrogen-bond acceptors (Lipinski definition) is 1. The van der Waals surface area contributed by atoms with E-state index in [-0.39, 0.29) is 0 Å². The molecule has 3 aromatic rings. The van der Waals surface area contributed by atoms with E-state index < -0.39 is 17.6 Å². The van der Waals surface area contributed by atoms with Crippen molar-refractivity contribution in [2.45, 2.75) is 6.18 Å². The highest BCUT2D eigenvalue weighted by Crippen LogP contribution is 2.31. The Bertz CT molecular complexity index is 774. The van der Waals surface area contributed by atoms with E-state index >= 15 is 0 Å². The first-order valence-corrected chi connectivity index (χ1v) is 5.75. The Balaban J connectivity index is 2.11. The number of imidazole rings is 1. The van der Waals surface area contributed by atoms with Crippen LogP contribution >= 0.6 is 0 Å². The van der Waals surface area contributed by atoms with E-state index in [0.29, 0.717) is 16.9 Å². The second-order valence-corrected chi connectivity index (χ2v) is 4.32. The largest absolute Gasteiger partial charge is 0.416 e. The van der Waals surface area contributed by atoms with E-state index in [1.54, 1.807) is 0 Å². The molecule has 2 nitrogen and oxygen atoms in total. The van der Waals surface area contributed by atoms with Gasteiger partial charge in [0.15, 0.2) is 0 Å². The van der Waals surface area contributed by atoms with Gasteiger partial charge in [-0.3, -0.25) is 0 Å². The van der Waals surface area contributed by atoms with E-state index in [4.69, 9.17) is 0 Å². The van der Waals surface area contributed by atoms with Gasteiger partial charge in [-0.1, -0.05) is 12.1 Å². The van der Waals surface area contributed by atoms with Gasteiger partial charge in [-0.2, -0.15) is 13.2 Å². The SMILES string of the molecule is Fc1ccc2nc(-c3cccc(C(F)(F)F)c3)cn2c1. The number of rotatable bonds is 1. The molecule has 0 amide bonds. The average molecular weight is 280 g/mol. The summed E-state index contributed by atoms with van der Waals surface area (Å²) in [5, 5.41) is 0. The topological polar surface area (TPSA) is 17.3 Å². The van der Waals surface area contributed by atoms with E-state index in [2.05, 4.69) is 4.98 Å². The molecule has 6 heteroatoms. The molecule has 0 bridgehead atoms. The van der Waals surface area contributed by atoms with E-state index in [9.17, 15) is 17.6 Å². The predicted molar refractivity (Wildman–Crippen MR) is 65.6 cm³/mol. The predicted octanol–water partition coefficient (Wildman–Crippen LogP) is 4.16. The lowest BCUT2D eigenvalue weighted by molar-refractivity contribution is -0.137. The van der Waals surface area contributed by atoms with Crippen molar-refractivity contribution < 1.29 is 17.6 Å². The summed E-state index contributed by atoms with van der Waals surface area (Å²) < 4.78 is 52.5. The third kappa shape index (κ3) is 2.24. The van der Waals surface area contributed by atoms with Crippen molar-refractivity contribution >= 4 is 5.65 Å². The van der Waals surface area contributed by atoms with Crippen LogP contribution in [-0.2, 0) is 6.18 Å². The fourth-order valence-electron chi connectivity index (χ4n) is 1.96. The summed E-state index contributed by atoms with van der Waals surface area (Å²) in [5.41, 5.74) is 0.433. The van der Waals surface area contributed by atoms with Crippen molar-refractivity contribution in [3.05, 3.63) is 60.2 Å². The molecule has 102 valence electrons. The molecule has 0 aliphatic rings. The van der Waals surface area contributed by atoms with Crippen LogP contribution in [0.2, 0.25) is 0 Å². The first-order valence-electron chi connectivity index (χ1n) is 5.75. The molecular weight excluding hydrogens is 272 g/mol. The van der Waals surface area contributed by atoms with Crippen molar-refractivity contribution in [2.24, 2.45) is 0 Å². The second kappa shape index (κ2) is 4.33. The molecule has 20 heavy (non-hydrogen) atoms. The van der Waals surface area contributed by atoms with Crippen LogP contribution in [0.4, 0.5) is 17.6 Å². The fourth-order valence-corrected chi connectivity index (χ4v) is 1.96. The van der Waals surface area contributed by atoms with E-state index in [1.165, 1.54) is 41.1 Å². The zero-order valence-corrected chi connectivity index (χ0v) is 10.0. The minimum Gasteiger partial charge on any atom is -0.304 e. The van der Waals surface area contributed by atoms with Crippen LogP contribution in [0, 0.1) is 5.82 Å². The van der Waals surface area contributed by atoms with Crippen molar-refractivity contribution in [3.8, 4) is 11.3 Å². The van der Waals surface area contributed by atoms with Gasteiger partial charge in [0.1, 0.15) is 11.5 Å². The fraction of sp³-hybridized carbons (Fsp3) is 0.0714. The summed E-state index contributed by atoms with van der Waals surface area (Å²) in [6.07, 6.45) is -1.69. The number of alkyl halides is 3. The Morgan fingerprint density at radius 2 is 1.80 bits per heavy atom. The normalized spacial score (nSPS) is 12.0.